The second kappa shape index (κ2) is 11.1. The molecular weight excluding hydrogens is 550 g/mol. The number of aliphatic carboxylic acids is 1. The number of para-hydroxylation sites is 2. The van der Waals surface area contributed by atoms with Gasteiger partial charge in [0, 0.05) is 29.7 Å². The molecule has 2 aromatic carbocycles. The molecule has 42 heavy (non-hydrogen) atoms. The van der Waals surface area contributed by atoms with Crippen molar-refractivity contribution in [1.82, 2.24) is 24.9 Å². The number of carboxylic acids is 1. The third kappa shape index (κ3) is 5.05. The maximum atomic E-state index is 12.5. The molecule has 0 saturated heterocycles. The van der Waals surface area contributed by atoms with Crippen molar-refractivity contribution in [2.45, 2.75) is 38.1 Å². The smallest absolute Gasteiger partial charge is 0.308 e. The van der Waals surface area contributed by atoms with Gasteiger partial charge in [-0.3, -0.25) is 9.69 Å². The molecule has 3 unspecified atom stereocenters. The minimum atomic E-state index is -0.746. The van der Waals surface area contributed by atoms with Crippen molar-refractivity contribution in [3.63, 3.8) is 0 Å². The van der Waals surface area contributed by atoms with Crippen molar-refractivity contribution in [3.8, 4) is 11.4 Å². The van der Waals surface area contributed by atoms with E-state index in [9.17, 15) is 9.90 Å². The predicted octanol–water partition coefficient (Wildman–Crippen LogP) is 7.23. The fourth-order valence-corrected chi connectivity index (χ4v) is 6.90. The zero-order valence-electron chi connectivity index (χ0n) is 22.8. The number of aromatic nitrogens is 5. The number of aromatic amines is 1. The van der Waals surface area contributed by atoms with E-state index in [2.05, 4.69) is 25.2 Å². The minimum Gasteiger partial charge on any atom is -0.481 e. The van der Waals surface area contributed by atoms with Gasteiger partial charge >= 0.3 is 5.97 Å². The van der Waals surface area contributed by atoms with Crippen molar-refractivity contribution in [1.29, 1.82) is 0 Å². The number of halogens is 1. The first kappa shape index (κ1) is 26.4. The molecule has 0 aliphatic heterocycles. The maximum absolute atomic E-state index is 12.5. The summed E-state index contributed by atoms with van der Waals surface area (Å²) in [5, 5.41) is 14.1. The topological polar surface area (TPSA) is 120 Å². The summed E-state index contributed by atoms with van der Waals surface area (Å²) in [5.41, 5.74) is 3.65. The van der Waals surface area contributed by atoms with Gasteiger partial charge in [0.25, 0.3) is 0 Å². The molecule has 3 heterocycles. The van der Waals surface area contributed by atoms with Crippen molar-refractivity contribution in [2.75, 3.05) is 10.2 Å². The van der Waals surface area contributed by atoms with Crippen molar-refractivity contribution in [2.24, 2.45) is 17.8 Å². The summed E-state index contributed by atoms with van der Waals surface area (Å²) in [7, 11) is 0. The number of hydrogen-bond donors (Lipinski definition) is 3. The van der Waals surface area contributed by atoms with E-state index in [-0.39, 0.29) is 17.1 Å². The standard InChI is InChI=1S/C32H30ClN7O2/c33-25-18-35-31-29(37-25)23(17-34-31)30-38-26(36-24-15-19-8-7-9-20(14-19)28(24)32(41)42)16-27(39-30)40(21-10-3-1-4-11-21)22-12-5-2-6-13-22/h1-6,10-13,16-20,24,28H,7-9,14-15H2,(H,34,35)(H,41,42)(H,36,38,39)/t19?,20?,24-,28?/m1/s1. The molecule has 7 rings (SSSR count). The lowest BCUT2D eigenvalue weighted by Gasteiger charge is -2.43. The quantitative estimate of drug-likeness (QED) is 0.185. The van der Waals surface area contributed by atoms with E-state index in [0.717, 1.165) is 43.5 Å². The van der Waals surface area contributed by atoms with E-state index in [1.807, 2.05) is 66.7 Å². The van der Waals surface area contributed by atoms with Gasteiger partial charge < -0.3 is 15.4 Å². The van der Waals surface area contributed by atoms with E-state index in [1.165, 1.54) is 6.20 Å². The van der Waals surface area contributed by atoms with Gasteiger partial charge in [-0.15, -0.1) is 0 Å². The average Bonchev–Trinajstić information content (AvgIpc) is 3.41. The van der Waals surface area contributed by atoms with Gasteiger partial charge in [-0.25, -0.2) is 19.9 Å². The molecule has 0 spiro atoms. The Morgan fingerprint density at radius 1 is 0.976 bits per heavy atom. The number of benzene rings is 2. The Morgan fingerprint density at radius 2 is 1.71 bits per heavy atom. The Bertz CT molecular complexity index is 1690. The third-order valence-corrected chi connectivity index (χ3v) is 8.72. The van der Waals surface area contributed by atoms with Crippen LogP contribution in [0.15, 0.2) is 79.1 Å². The normalized spacial score (nSPS) is 21.6. The molecule has 3 N–H and O–H groups in total. The van der Waals surface area contributed by atoms with Crippen LogP contribution in [0.3, 0.4) is 0 Å². The van der Waals surface area contributed by atoms with Gasteiger partial charge in [0.05, 0.1) is 17.7 Å². The molecule has 2 saturated carbocycles. The number of fused-ring (bicyclic) bond motifs is 3. The summed E-state index contributed by atoms with van der Waals surface area (Å²) in [5.74, 6) is 1.10. The molecule has 0 radical (unpaired) electrons. The fraction of sp³-hybridized carbons (Fsp3) is 0.281. The van der Waals surface area contributed by atoms with Crippen LogP contribution >= 0.6 is 11.6 Å². The first-order valence-electron chi connectivity index (χ1n) is 14.3. The Hall–Kier alpha value is -4.50. The lowest BCUT2D eigenvalue weighted by molar-refractivity contribution is -0.146. The average molecular weight is 580 g/mol. The van der Waals surface area contributed by atoms with Crippen LogP contribution in [0.2, 0.25) is 5.15 Å². The Labute approximate surface area is 248 Å². The van der Waals surface area contributed by atoms with Gasteiger partial charge in [0.1, 0.15) is 22.3 Å². The molecule has 3 aromatic heterocycles. The lowest BCUT2D eigenvalue weighted by atomic mass is 9.64. The molecule has 2 aliphatic carbocycles. The lowest BCUT2D eigenvalue weighted by Crippen LogP contribution is -2.47. The van der Waals surface area contributed by atoms with Crippen LogP contribution in [0.4, 0.5) is 23.0 Å². The second-order valence-corrected chi connectivity index (χ2v) is 11.6. The summed E-state index contributed by atoms with van der Waals surface area (Å²) in [4.78, 5) is 36.6. The number of nitrogens with one attached hydrogen (secondary N) is 2. The van der Waals surface area contributed by atoms with E-state index < -0.39 is 11.9 Å². The van der Waals surface area contributed by atoms with Gasteiger partial charge in [0.15, 0.2) is 11.5 Å². The number of rotatable bonds is 7. The number of carboxylic acid groups (broad SMARTS) is 1. The van der Waals surface area contributed by atoms with Gasteiger partial charge in [-0.2, -0.15) is 0 Å². The van der Waals surface area contributed by atoms with Crippen molar-refractivity contribution < 1.29 is 9.90 Å². The summed E-state index contributed by atoms with van der Waals surface area (Å²) in [6.07, 6.45) is 8.26. The summed E-state index contributed by atoms with van der Waals surface area (Å²) < 4.78 is 0. The van der Waals surface area contributed by atoms with E-state index in [4.69, 9.17) is 21.6 Å². The van der Waals surface area contributed by atoms with E-state index in [1.54, 1.807) is 6.20 Å². The molecule has 212 valence electrons. The molecule has 5 aromatic rings. The van der Waals surface area contributed by atoms with Crippen LogP contribution < -0.4 is 10.2 Å². The molecular formula is C32H30ClN7O2. The van der Waals surface area contributed by atoms with Gasteiger partial charge in [-0.1, -0.05) is 60.8 Å². The molecule has 2 aliphatic rings. The highest BCUT2D eigenvalue weighted by Gasteiger charge is 2.44. The highest BCUT2D eigenvalue weighted by Crippen LogP contribution is 2.45. The number of carbonyl (C=O) groups is 1. The zero-order valence-corrected chi connectivity index (χ0v) is 23.6. The maximum Gasteiger partial charge on any atom is 0.308 e. The Balaban J connectivity index is 1.38. The highest BCUT2D eigenvalue weighted by molar-refractivity contribution is 6.29. The van der Waals surface area contributed by atoms with Crippen LogP contribution in [0.5, 0.6) is 0 Å². The zero-order chi connectivity index (χ0) is 28.6. The number of nitrogens with zero attached hydrogens (tertiary/aromatic N) is 5. The predicted molar refractivity (Wildman–Crippen MR) is 163 cm³/mol. The molecule has 0 amide bonds. The van der Waals surface area contributed by atoms with E-state index in [0.29, 0.717) is 40.1 Å². The van der Waals surface area contributed by atoms with Crippen LogP contribution in [-0.2, 0) is 4.79 Å². The molecule has 4 atom stereocenters. The van der Waals surface area contributed by atoms with Crippen LogP contribution in [0.1, 0.15) is 32.1 Å². The largest absolute Gasteiger partial charge is 0.481 e. The SMILES string of the molecule is O=C(O)C1C2CCCC(C2)C[C@H]1Nc1cc(N(c2ccccc2)c2ccccc2)nc(-c2c[nH]c3ncc(Cl)nc23)n1. The van der Waals surface area contributed by atoms with Gasteiger partial charge in [0.2, 0.25) is 0 Å². The summed E-state index contributed by atoms with van der Waals surface area (Å²) in [6.45, 7) is 0. The summed E-state index contributed by atoms with van der Waals surface area (Å²) in [6, 6.07) is 21.7. The molecule has 10 heteroatoms. The second-order valence-electron chi connectivity index (χ2n) is 11.2. The fourth-order valence-electron chi connectivity index (χ4n) is 6.77. The number of anilines is 4. The Morgan fingerprint density at radius 3 is 2.43 bits per heavy atom. The number of H-pyrrole nitrogens is 1. The van der Waals surface area contributed by atoms with Gasteiger partial charge in [-0.05, 0) is 55.4 Å². The van der Waals surface area contributed by atoms with Crippen LogP contribution in [-0.4, -0.2) is 42.0 Å². The molecule has 2 fully saturated rings. The van der Waals surface area contributed by atoms with Crippen LogP contribution in [0.25, 0.3) is 22.6 Å². The number of hydrogen-bond acceptors (Lipinski definition) is 7. The first-order chi connectivity index (χ1) is 20.5. The minimum absolute atomic E-state index is 0.171. The highest BCUT2D eigenvalue weighted by atomic mass is 35.5. The van der Waals surface area contributed by atoms with E-state index >= 15 is 0 Å². The Kier molecular flexibility index (Phi) is 6.95. The summed E-state index contributed by atoms with van der Waals surface area (Å²) >= 11 is 6.22. The third-order valence-electron chi connectivity index (χ3n) is 8.53. The monoisotopic (exact) mass is 579 g/mol. The molecule has 9 nitrogen and oxygen atoms in total. The van der Waals surface area contributed by atoms with Crippen LogP contribution in [0, 0.1) is 17.8 Å². The van der Waals surface area contributed by atoms with Crippen molar-refractivity contribution >= 4 is 51.7 Å². The first-order valence-corrected chi connectivity index (χ1v) is 14.7. The molecule has 2 bridgehead atoms. The van der Waals surface area contributed by atoms with Crippen molar-refractivity contribution in [3.05, 3.63) is 84.3 Å².